The Balaban J connectivity index is 2.61. The van der Waals surface area contributed by atoms with Crippen LogP contribution in [0.5, 0.6) is 0 Å². The third-order valence-corrected chi connectivity index (χ3v) is 3.19. The molecule has 0 bridgehead atoms. The Bertz CT molecular complexity index is 728. The second-order valence-corrected chi connectivity index (χ2v) is 5.12. The molecule has 0 amide bonds. The molecule has 112 valence electrons. The van der Waals surface area contributed by atoms with Crippen LogP contribution in [-0.2, 0) is 0 Å². The van der Waals surface area contributed by atoms with Crippen LogP contribution in [0.2, 0.25) is 0 Å². The minimum absolute atomic E-state index is 0.172. The molecule has 0 fully saturated rings. The third-order valence-electron chi connectivity index (χ3n) is 3.19. The van der Waals surface area contributed by atoms with Gasteiger partial charge >= 0.3 is 0 Å². The largest absolute Gasteiger partial charge is 0.368 e. The quantitative estimate of drug-likeness (QED) is 0.933. The number of nitrogens with zero attached hydrogens (tertiary/aromatic N) is 4. The molecule has 0 spiro atoms. The summed E-state index contributed by atoms with van der Waals surface area (Å²) in [7, 11) is 0. The number of rotatable bonds is 4. The fraction of sp³-hybridized carbons (Fsp3) is 0.235. The predicted octanol–water partition coefficient (Wildman–Crippen LogP) is 3.51. The first kappa shape index (κ1) is 15.5. The fourth-order valence-electron chi connectivity index (χ4n) is 2.32. The molecule has 0 atom stereocenters. The van der Waals surface area contributed by atoms with E-state index in [-0.39, 0.29) is 12.0 Å². The van der Waals surface area contributed by atoms with Crippen LogP contribution in [0.25, 0.3) is 6.08 Å². The lowest BCUT2D eigenvalue weighted by Crippen LogP contribution is -2.27. The monoisotopic (exact) mass is 293 g/mol. The second-order valence-electron chi connectivity index (χ2n) is 5.12. The zero-order valence-corrected chi connectivity index (χ0v) is 13.0. The van der Waals surface area contributed by atoms with Gasteiger partial charge in [-0.05, 0) is 50.6 Å². The van der Waals surface area contributed by atoms with Gasteiger partial charge in [0.2, 0.25) is 5.95 Å². The van der Waals surface area contributed by atoms with Crippen LogP contribution in [0.1, 0.15) is 31.9 Å². The molecule has 2 aromatic rings. The molecule has 0 unspecified atom stereocenters. The number of nitrogen functional groups attached to an aromatic ring is 1. The van der Waals surface area contributed by atoms with Gasteiger partial charge in [-0.25, -0.2) is 4.98 Å². The van der Waals surface area contributed by atoms with Crippen molar-refractivity contribution in [3.8, 4) is 6.07 Å². The normalized spacial score (nSPS) is 10.9. The minimum atomic E-state index is 0.172. The molecule has 0 radical (unpaired) electrons. The molecule has 0 saturated carbocycles. The summed E-state index contributed by atoms with van der Waals surface area (Å²) in [5.41, 5.74) is 8.28. The van der Waals surface area contributed by atoms with Crippen molar-refractivity contribution in [1.82, 2.24) is 9.97 Å². The van der Waals surface area contributed by atoms with Crippen LogP contribution in [-0.4, -0.2) is 16.0 Å². The van der Waals surface area contributed by atoms with Gasteiger partial charge in [-0.1, -0.05) is 12.2 Å². The molecule has 5 nitrogen and oxygen atoms in total. The Morgan fingerprint density at radius 2 is 2.09 bits per heavy atom. The van der Waals surface area contributed by atoms with Crippen LogP contribution < -0.4 is 10.6 Å². The van der Waals surface area contributed by atoms with Gasteiger partial charge in [0.25, 0.3) is 0 Å². The lowest BCUT2D eigenvalue weighted by Gasteiger charge is -2.29. The highest BCUT2D eigenvalue weighted by Gasteiger charge is 2.17. The van der Waals surface area contributed by atoms with Gasteiger partial charge in [0.1, 0.15) is 5.82 Å². The van der Waals surface area contributed by atoms with E-state index in [9.17, 15) is 0 Å². The van der Waals surface area contributed by atoms with Crippen LogP contribution >= 0.6 is 0 Å². The number of aromatic nitrogens is 2. The van der Waals surface area contributed by atoms with Crippen LogP contribution in [0.4, 0.5) is 17.5 Å². The summed E-state index contributed by atoms with van der Waals surface area (Å²) in [5, 5.41) is 9.10. The summed E-state index contributed by atoms with van der Waals surface area (Å²) in [6.45, 7) is 6.11. The first-order chi connectivity index (χ1) is 10.6. The van der Waals surface area contributed by atoms with Gasteiger partial charge in [-0.3, -0.25) is 0 Å². The molecule has 0 aliphatic rings. The number of anilines is 3. The van der Waals surface area contributed by atoms with Crippen molar-refractivity contribution in [2.24, 2.45) is 0 Å². The van der Waals surface area contributed by atoms with Gasteiger partial charge < -0.3 is 10.6 Å². The van der Waals surface area contributed by atoms with E-state index >= 15 is 0 Å². The maximum Gasteiger partial charge on any atom is 0.221 e. The number of nitrogens with two attached hydrogens (primary N) is 1. The Hall–Kier alpha value is -2.87. The molecule has 0 aliphatic carbocycles. The lowest BCUT2D eigenvalue weighted by molar-refractivity contribution is 0.775. The zero-order valence-electron chi connectivity index (χ0n) is 13.0. The van der Waals surface area contributed by atoms with Crippen LogP contribution in [0.3, 0.4) is 0 Å². The van der Waals surface area contributed by atoms with E-state index in [4.69, 9.17) is 11.0 Å². The Labute approximate surface area is 130 Å². The van der Waals surface area contributed by atoms with Gasteiger partial charge in [-0.15, -0.1) is 0 Å². The average Bonchev–Trinajstić information content (AvgIpc) is 2.49. The first-order valence-electron chi connectivity index (χ1n) is 7.11. The summed E-state index contributed by atoms with van der Waals surface area (Å²) >= 11 is 0. The standard InChI is InChI=1S/C17H19N5/c1-4-5-14-10-13(11-18)6-7-15(14)22(12(2)3)16-8-9-20-17(19)21-16/h4-10,12H,1-3H3,(H2,19,20,21)/b5-4+. The van der Waals surface area contributed by atoms with Crippen LogP contribution in [0.15, 0.2) is 36.5 Å². The van der Waals surface area contributed by atoms with E-state index in [1.807, 2.05) is 43.3 Å². The van der Waals surface area contributed by atoms with E-state index in [0.29, 0.717) is 5.56 Å². The summed E-state index contributed by atoms with van der Waals surface area (Å²) in [6.07, 6.45) is 5.58. The SMILES string of the molecule is C/C=C/c1cc(C#N)ccc1N(c1ccnc(N)n1)C(C)C. The van der Waals surface area contributed by atoms with Crippen molar-refractivity contribution < 1.29 is 0 Å². The Morgan fingerprint density at radius 3 is 2.68 bits per heavy atom. The topological polar surface area (TPSA) is 78.8 Å². The smallest absolute Gasteiger partial charge is 0.221 e. The number of nitriles is 1. The lowest BCUT2D eigenvalue weighted by atomic mass is 10.1. The number of hydrogen-bond donors (Lipinski definition) is 1. The predicted molar refractivity (Wildman–Crippen MR) is 89.6 cm³/mol. The summed E-state index contributed by atoms with van der Waals surface area (Å²) < 4.78 is 0. The maximum atomic E-state index is 9.10. The first-order valence-corrected chi connectivity index (χ1v) is 7.11. The number of allylic oxidation sites excluding steroid dienone is 1. The summed E-state index contributed by atoms with van der Waals surface area (Å²) in [4.78, 5) is 10.3. The molecule has 5 heteroatoms. The van der Waals surface area contributed by atoms with Crippen molar-refractivity contribution >= 4 is 23.5 Å². The molecule has 1 aromatic heterocycles. The highest BCUT2D eigenvalue weighted by atomic mass is 15.2. The summed E-state index contributed by atoms with van der Waals surface area (Å²) in [6, 6.07) is 9.79. The van der Waals surface area contributed by atoms with Crippen LogP contribution in [0, 0.1) is 11.3 Å². The molecule has 0 saturated heterocycles. The van der Waals surface area contributed by atoms with Crippen molar-refractivity contribution in [1.29, 1.82) is 5.26 Å². The summed E-state index contributed by atoms with van der Waals surface area (Å²) in [5.74, 6) is 0.974. The molecular weight excluding hydrogens is 274 g/mol. The molecule has 22 heavy (non-hydrogen) atoms. The van der Waals surface area contributed by atoms with Gasteiger partial charge in [-0.2, -0.15) is 10.2 Å². The van der Waals surface area contributed by atoms with Gasteiger partial charge in [0.15, 0.2) is 0 Å². The maximum absolute atomic E-state index is 9.10. The molecule has 1 heterocycles. The number of hydrogen-bond acceptors (Lipinski definition) is 5. The van der Waals surface area contributed by atoms with Gasteiger partial charge in [0, 0.05) is 17.9 Å². The van der Waals surface area contributed by atoms with E-state index in [1.165, 1.54) is 0 Å². The molecule has 2 rings (SSSR count). The van der Waals surface area contributed by atoms with E-state index in [0.717, 1.165) is 17.1 Å². The van der Waals surface area contributed by atoms with Crippen molar-refractivity contribution in [2.45, 2.75) is 26.8 Å². The minimum Gasteiger partial charge on any atom is -0.368 e. The fourth-order valence-corrected chi connectivity index (χ4v) is 2.32. The molecule has 1 aromatic carbocycles. The highest BCUT2D eigenvalue weighted by molar-refractivity contribution is 5.74. The molecular formula is C17H19N5. The van der Waals surface area contributed by atoms with E-state index in [1.54, 1.807) is 6.20 Å². The molecule has 0 aliphatic heterocycles. The second kappa shape index (κ2) is 6.72. The molecule has 2 N–H and O–H groups in total. The third kappa shape index (κ3) is 3.23. The van der Waals surface area contributed by atoms with Crippen molar-refractivity contribution in [3.63, 3.8) is 0 Å². The number of benzene rings is 1. The Kier molecular flexibility index (Phi) is 4.74. The van der Waals surface area contributed by atoms with E-state index < -0.39 is 0 Å². The van der Waals surface area contributed by atoms with Crippen molar-refractivity contribution in [2.75, 3.05) is 10.6 Å². The van der Waals surface area contributed by atoms with Crippen molar-refractivity contribution in [3.05, 3.63) is 47.7 Å². The zero-order chi connectivity index (χ0) is 16.1. The van der Waals surface area contributed by atoms with Gasteiger partial charge in [0.05, 0.1) is 11.6 Å². The Morgan fingerprint density at radius 1 is 1.32 bits per heavy atom. The average molecular weight is 293 g/mol. The highest BCUT2D eigenvalue weighted by Crippen LogP contribution is 2.31. The van der Waals surface area contributed by atoms with E-state index in [2.05, 4.69) is 34.8 Å².